The molecular weight excluding hydrogens is 463 g/mol. The first-order valence-electron chi connectivity index (χ1n) is 5.48. The number of hydrogen-bond donors (Lipinski definition) is 0. The molecule has 1 aromatic rings. The molecule has 0 atom stereocenters. The Hall–Kier alpha value is 0.503. The average molecular weight is 486 g/mol. The van der Waals surface area contributed by atoms with Crippen LogP contribution in [0.5, 0.6) is 0 Å². The van der Waals surface area contributed by atoms with Gasteiger partial charge in [0.15, 0.2) is 0 Å². The van der Waals surface area contributed by atoms with E-state index in [9.17, 15) is 7.00 Å². The number of hydrogen-bond acceptors (Lipinski definition) is 0. The van der Waals surface area contributed by atoms with Gasteiger partial charge in [0.1, 0.15) is 0 Å². The van der Waals surface area contributed by atoms with Gasteiger partial charge in [-0.25, -0.2) is 0 Å². The molecule has 0 fully saturated rings. The number of rotatable bonds is 1. The van der Waals surface area contributed by atoms with Gasteiger partial charge in [-0.1, -0.05) is 20.8 Å². The Morgan fingerprint density at radius 1 is 0.889 bits per heavy atom. The summed E-state index contributed by atoms with van der Waals surface area (Å²) in [7, 11) is 0. The van der Waals surface area contributed by atoms with Crippen molar-refractivity contribution in [1.29, 1.82) is 0 Å². The van der Waals surface area contributed by atoms with Gasteiger partial charge in [-0.3, -0.25) is 0 Å². The molecule has 0 aliphatic heterocycles. The molecule has 0 spiro atoms. The van der Waals surface area contributed by atoms with Crippen LogP contribution in [-0.2, 0) is 25.8 Å². The van der Waals surface area contributed by atoms with Gasteiger partial charge in [0.05, 0.1) is 0 Å². The molecule has 0 radical (unpaired) electrons. The minimum Gasteiger partial charge on any atom is 4.00 e. The van der Waals surface area contributed by atoms with Crippen LogP contribution < -0.4 is 4.40 Å². The monoisotopic (exact) mass is 489 g/mol. The van der Waals surface area contributed by atoms with Crippen LogP contribution >= 0.6 is 0 Å². The largest absolute Gasteiger partial charge is 4.00 e. The molecule has 3 N–H and O–H groups in total. The topological polar surface area (TPSA) is 71.4 Å². The van der Waals surface area contributed by atoms with Crippen molar-refractivity contribution in [2.75, 3.05) is 19.6 Å². The van der Waals surface area contributed by atoms with Crippen molar-refractivity contribution in [3.05, 3.63) is 41.5 Å². The SMILES string of the molecule is CC[NH-].CC[NH-].CC[NH-].[F][GeH]([F])[c-]1cccc1.[Hf+4]. The molecule has 0 bridgehead atoms. The van der Waals surface area contributed by atoms with Gasteiger partial charge in [0.2, 0.25) is 0 Å². The molecule has 0 amide bonds. The summed E-state index contributed by atoms with van der Waals surface area (Å²) in [5, 5.41) is 0. The van der Waals surface area contributed by atoms with Crippen LogP contribution in [0.4, 0.5) is 7.00 Å². The molecule has 18 heavy (non-hydrogen) atoms. The molecule has 3 nitrogen and oxygen atoms in total. The fourth-order valence-electron chi connectivity index (χ4n) is 0.534. The van der Waals surface area contributed by atoms with Crippen LogP contribution in [0.1, 0.15) is 20.8 Å². The molecule has 7 heteroatoms. The Balaban J connectivity index is -0.0000000840. The minimum atomic E-state index is -3.89. The second-order valence-electron chi connectivity index (χ2n) is 2.58. The standard InChI is InChI=1S/C5H5F2Ge.3C2H6N.Hf/c6-8(7)5-3-1-2-4-5;3*1-2-3;/h1-4,8H;3*3H,2H2,1H3;/q4*-1;+4. The van der Waals surface area contributed by atoms with E-state index in [2.05, 4.69) is 0 Å². The molecule has 0 saturated heterocycles. The van der Waals surface area contributed by atoms with E-state index in [1.165, 1.54) is 12.1 Å². The third-order valence-electron chi connectivity index (χ3n) is 0.940. The van der Waals surface area contributed by atoms with Gasteiger partial charge in [0, 0.05) is 0 Å². The summed E-state index contributed by atoms with van der Waals surface area (Å²) in [6.45, 7) is 6.88. The summed E-state index contributed by atoms with van der Waals surface area (Å²) < 4.78 is 23.9. The van der Waals surface area contributed by atoms with E-state index in [0.29, 0.717) is 19.6 Å². The van der Waals surface area contributed by atoms with Crippen LogP contribution in [0.3, 0.4) is 0 Å². The minimum absolute atomic E-state index is 0. The van der Waals surface area contributed by atoms with Crippen molar-refractivity contribution in [2.24, 2.45) is 0 Å². The van der Waals surface area contributed by atoms with E-state index in [-0.39, 0.29) is 30.2 Å². The second kappa shape index (κ2) is 26.1. The van der Waals surface area contributed by atoms with Crippen LogP contribution in [0.25, 0.3) is 17.2 Å². The first kappa shape index (κ1) is 26.9. The predicted molar refractivity (Wildman–Crippen MR) is 75.6 cm³/mol. The molecule has 104 valence electrons. The molecule has 0 saturated carbocycles. The number of nitrogens with one attached hydrogen (secondary N) is 3. The first-order chi connectivity index (χ1) is 8.05. The molecule has 0 heterocycles. The number of halogens is 2. The Bertz CT molecular complexity index is 195. The van der Waals surface area contributed by atoms with Crippen LogP contribution in [0.15, 0.2) is 24.3 Å². The van der Waals surface area contributed by atoms with Gasteiger partial charge >= 0.3 is 76.8 Å². The maximum atomic E-state index is 11.8. The molecule has 0 aromatic heterocycles. The molecule has 0 aliphatic carbocycles. The van der Waals surface area contributed by atoms with E-state index < -0.39 is 15.3 Å². The predicted octanol–water partition coefficient (Wildman–Crippen LogP) is 3.95. The average Bonchev–Trinajstić information content (AvgIpc) is 2.73. The van der Waals surface area contributed by atoms with Gasteiger partial charge in [0.25, 0.3) is 0 Å². The molecule has 1 aromatic carbocycles. The van der Waals surface area contributed by atoms with E-state index in [1.807, 2.05) is 0 Å². The Morgan fingerprint density at radius 3 is 1.22 bits per heavy atom. The van der Waals surface area contributed by atoms with Gasteiger partial charge in [-0.15, -0.1) is 0 Å². The van der Waals surface area contributed by atoms with Gasteiger partial charge in [-0.2, -0.15) is 19.6 Å². The van der Waals surface area contributed by atoms with Crippen molar-refractivity contribution >= 4 is 19.7 Å². The van der Waals surface area contributed by atoms with Crippen LogP contribution in [0.2, 0.25) is 0 Å². The van der Waals surface area contributed by atoms with Gasteiger partial charge < -0.3 is 17.2 Å². The zero-order valence-corrected chi connectivity index (χ0v) is 17.3. The molecule has 1 rings (SSSR count). The molecule has 0 unspecified atom stereocenters. The van der Waals surface area contributed by atoms with E-state index in [1.54, 1.807) is 32.9 Å². The molecular formula is C11H23F2GeHfN3. The normalized spacial score (nSPS) is 7.61. The Labute approximate surface area is 134 Å². The van der Waals surface area contributed by atoms with E-state index in [4.69, 9.17) is 17.2 Å². The van der Waals surface area contributed by atoms with Crippen LogP contribution in [-0.4, -0.2) is 34.9 Å². The fourth-order valence-corrected chi connectivity index (χ4v) is 1.61. The summed E-state index contributed by atoms with van der Waals surface area (Å²) >= 11 is -3.89. The fraction of sp³-hybridized carbons (Fsp3) is 0.545. The maximum absolute atomic E-state index is 11.8. The summed E-state index contributed by atoms with van der Waals surface area (Å²) in [6, 6.07) is 6.27. The van der Waals surface area contributed by atoms with E-state index >= 15 is 0 Å². The van der Waals surface area contributed by atoms with Crippen molar-refractivity contribution < 1.29 is 32.8 Å². The van der Waals surface area contributed by atoms with E-state index in [0.717, 1.165) is 0 Å². The second-order valence-corrected chi connectivity index (χ2v) is 5.24. The third-order valence-corrected chi connectivity index (χ3v) is 2.81. The van der Waals surface area contributed by atoms with Crippen LogP contribution in [0, 0.1) is 0 Å². The summed E-state index contributed by atoms with van der Waals surface area (Å²) in [6.07, 6.45) is 0. The Morgan fingerprint density at radius 2 is 1.11 bits per heavy atom. The van der Waals surface area contributed by atoms with Crippen molar-refractivity contribution in [2.45, 2.75) is 20.8 Å². The van der Waals surface area contributed by atoms with Crippen molar-refractivity contribution in [3.63, 3.8) is 0 Å². The summed E-state index contributed by atoms with van der Waals surface area (Å²) in [5.41, 5.74) is 18.6. The zero-order chi connectivity index (χ0) is 14.1. The smallest absolute Gasteiger partial charge is 4.00 e. The first-order valence-corrected chi connectivity index (χ1v) is 8.53. The third kappa shape index (κ3) is 30.0. The maximum Gasteiger partial charge on any atom is 4.00 e. The zero-order valence-electron chi connectivity index (χ0n) is 11.3. The van der Waals surface area contributed by atoms with Crippen molar-refractivity contribution in [3.8, 4) is 0 Å². The summed E-state index contributed by atoms with van der Waals surface area (Å²) in [4.78, 5) is 0. The van der Waals surface area contributed by atoms with Crippen molar-refractivity contribution in [1.82, 2.24) is 0 Å². The Kier molecular flexibility index (Phi) is 39.1. The molecule has 0 aliphatic rings. The quantitative estimate of drug-likeness (QED) is 0.426. The van der Waals surface area contributed by atoms with Gasteiger partial charge in [-0.05, 0) is 0 Å². The summed E-state index contributed by atoms with van der Waals surface area (Å²) in [5.74, 6) is 0.